The first-order valence-corrected chi connectivity index (χ1v) is 12.8. The van der Waals surface area contributed by atoms with E-state index in [0.29, 0.717) is 23.7 Å². The van der Waals surface area contributed by atoms with Crippen LogP contribution in [-0.4, -0.2) is 41.8 Å². The fourth-order valence-corrected chi connectivity index (χ4v) is 4.90. The number of imide groups is 1. The Morgan fingerprint density at radius 2 is 1.85 bits per heavy atom. The molecular weight excluding hydrogens is 672 g/mol. The molecule has 0 atom stereocenters. The van der Waals surface area contributed by atoms with Gasteiger partial charge in [-0.2, -0.15) is 0 Å². The fraction of sp³-hybridized carbons (Fsp3) is 0.261. The maximum absolute atomic E-state index is 12.7. The minimum Gasteiger partial charge on any atom is -0.493 e. The van der Waals surface area contributed by atoms with Crippen LogP contribution in [0.15, 0.2) is 41.3 Å². The molecule has 0 N–H and O–H groups in total. The lowest BCUT2D eigenvalue weighted by Crippen LogP contribution is -2.35. The van der Waals surface area contributed by atoms with E-state index < -0.39 is 23.7 Å². The van der Waals surface area contributed by atoms with Crippen molar-refractivity contribution in [3.63, 3.8) is 0 Å². The van der Waals surface area contributed by atoms with E-state index in [1.165, 1.54) is 0 Å². The Labute approximate surface area is 223 Å². The van der Waals surface area contributed by atoms with Crippen molar-refractivity contribution >= 4 is 80.1 Å². The van der Waals surface area contributed by atoms with Crippen LogP contribution in [0.25, 0.3) is 6.08 Å². The zero-order valence-electron chi connectivity index (χ0n) is 18.1. The van der Waals surface area contributed by atoms with E-state index in [4.69, 9.17) is 14.2 Å². The summed E-state index contributed by atoms with van der Waals surface area (Å²) in [6.45, 7) is 3.38. The number of benzene rings is 2. The number of halogens is 2. The average Bonchev–Trinajstić information content (AvgIpc) is 3.00. The second-order valence-corrected chi connectivity index (χ2v) is 10.7. The standard InChI is InChI=1S/C23H21I2NO6S/c1-13(2)32-20(27)11-26-22(28)19(33-23(26)29)10-15-8-17(25)21(18(9-15)30-3)31-12-14-4-6-16(24)7-5-14/h4-10,13H,11-12H2,1-3H3/b19-10+. The summed E-state index contributed by atoms with van der Waals surface area (Å²) in [4.78, 5) is 37.9. The van der Waals surface area contributed by atoms with Gasteiger partial charge in [-0.15, -0.1) is 0 Å². The predicted molar refractivity (Wildman–Crippen MR) is 143 cm³/mol. The summed E-state index contributed by atoms with van der Waals surface area (Å²) in [5, 5.41) is -0.508. The lowest BCUT2D eigenvalue weighted by Gasteiger charge is -2.14. The van der Waals surface area contributed by atoms with Crippen LogP contribution in [-0.2, 0) is 20.9 Å². The van der Waals surface area contributed by atoms with Gasteiger partial charge in [0.25, 0.3) is 11.1 Å². The van der Waals surface area contributed by atoms with Gasteiger partial charge in [-0.1, -0.05) is 12.1 Å². The third-order valence-corrected chi connectivity index (χ3v) is 6.80. The molecule has 0 unspecified atom stereocenters. The fourth-order valence-electron chi connectivity index (χ4n) is 2.92. The molecule has 0 bridgehead atoms. The van der Waals surface area contributed by atoms with E-state index >= 15 is 0 Å². The maximum atomic E-state index is 12.7. The predicted octanol–water partition coefficient (Wildman–Crippen LogP) is 5.47. The molecule has 1 saturated heterocycles. The van der Waals surface area contributed by atoms with Crippen LogP contribution >= 0.6 is 56.9 Å². The summed E-state index contributed by atoms with van der Waals surface area (Å²) in [6, 6.07) is 11.6. The van der Waals surface area contributed by atoms with Crippen LogP contribution < -0.4 is 9.47 Å². The van der Waals surface area contributed by atoms with E-state index in [1.807, 2.05) is 30.3 Å². The first-order chi connectivity index (χ1) is 15.7. The smallest absolute Gasteiger partial charge is 0.326 e. The number of thioether (sulfide) groups is 1. The van der Waals surface area contributed by atoms with Crippen molar-refractivity contribution in [3.8, 4) is 11.5 Å². The highest BCUT2D eigenvalue weighted by atomic mass is 127. The Hall–Kier alpha value is -1.80. The SMILES string of the molecule is COc1cc(/C=C2/SC(=O)N(CC(=O)OC(C)C)C2=O)cc(I)c1OCc1ccc(I)cc1. The number of amides is 2. The zero-order chi connectivity index (χ0) is 24.1. The summed E-state index contributed by atoms with van der Waals surface area (Å²) in [6.07, 6.45) is 1.28. The number of ether oxygens (including phenoxy) is 3. The van der Waals surface area contributed by atoms with Crippen molar-refractivity contribution in [2.75, 3.05) is 13.7 Å². The van der Waals surface area contributed by atoms with E-state index in [-0.39, 0.29) is 11.0 Å². The van der Waals surface area contributed by atoms with Gasteiger partial charge in [-0.3, -0.25) is 19.3 Å². The number of hydrogen-bond acceptors (Lipinski definition) is 7. The molecule has 0 spiro atoms. The number of methoxy groups -OCH3 is 1. The van der Waals surface area contributed by atoms with Crippen LogP contribution in [0.2, 0.25) is 0 Å². The summed E-state index contributed by atoms with van der Waals surface area (Å²) < 4.78 is 18.5. The van der Waals surface area contributed by atoms with Crippen LogP contribution in [0.1, 0.15) is 25.0 Å². The Morgan fingerprint density at radius 1 is 1.15 bits per heavy atom. The first-order valence-electron chi connectivity index (χ1n) is 9.87. The maximum Gasteiger partial charge on any atom is 0.326 e. The highest BCUT2D eigenvalue weighted by Gasteiger charge is 2.36. The molecule has 0 aliphatic carbocycles. The number of rotatable bonds is 8. The molecule has 1 aliphatic heterocycles. The molecule has 1 heterocycles. The molecular formula is C23H21I2NO6S. The summed E-state index contributed by atoms with van der Waals surface area (Å²) in [5.74, 6) is -0.0464. The largest absolute Gasteiger partial charge is 0.493 e. The summed E-state index contributed by atoms with van der Waals surface area (Å²) in [5.41, 5.74) is 1.70. The van der Waals surface area contributed by atoms with Crippen molar-refractivity contribution in [3.05, 3.63) is 59.6 Å². The van der Waals surface area contributed by atoms with Gasteiger partial charge in [0.1, 0.15) is 13.2 Å². The number of hydrogen-bond donors (Lipinski definition) is 0. The molecule has 1 fully saturated rings. The molecule has 33 heavy (non-hydrogen) atoms. The molecule has 7 nitrogen and oxygen atoms in total. The minimum atomic E-state index is -0.626. The van der Waals surface area contributed by atoms with Crippen molar-refractivity contribution in [2.24, 2.45) is 0 Å². The summed E-state index contributed by atoms with van der Waals surface area (Å²) in [7, 11) is 1.54. The van der Waals surface area contributed by atoms with Crippen LogP contribution in [0.5, 0.6) is 11.5 Å². The van der Waals surface area contributed by atoms with Gasteiger partial charge in [0.05, 0.1) is 21.7 Å². The van der Waals surface area contributed by atoms with Gasteiger partial charge in [0.2, 0.25) is 0 Å². The van der Waals surface area contributed by atoms with Gasteiger partial charge in [-0.25, -0.2) is 0 Å². The average molecular weight is 693 g/mol. The van der Waals surface area contributed by atoms with Crippen molar-refractivity contribution in [1.29, 1.82) is 0 Å². The van der Waals surface area contributed by atoms with Crippen molar-refractivity contribution in [2.45, 2.75) is 26.6 Å². The number of carbonyl (C=O) groups is 3. The third-order valence-electron chi connectivity index (χ3n) is 4.37. The minimum absolute atomic E-state index is 0.225. The van der Waals surface area contributed by atoms with Gasteiger partial charge in [0.15, 0.2) is 11.5 Å². The van der Waals surface area contributed by atoms with E-state index in [0.717, 1.165) is 29.4 Å². The quantitative estimate of drug-likeness (QED) is 0.206. The molecule has 0 saturated carbocycles. The second-order valence-electron chi connectivity index (χ2n) is 7.26. The normalized spacial score (nSPS) is 14.8. The third kappa shape index (κ3) is 6.85. The molecule has 3 rings (SSSR count). The molecule has 174 valence electrons. The van der Waals surface area contributed by atoms with Crippen molar-refractivity contribution in [1.82, 2.24) is 4.90 Å². The van der Waals surface area contributed by atoms with E-state index in [2.05, 4.69) is 45.2 Å². The van der Waals surface area contributed by atoms with Gasteiger partial charge in [0, 0.05) is 3.57 Å². The molecule has 10 heteroatoms. The van der Waals surface area contributed by atoms with Crippen LogP contribution in [0.4, 0.5) is 4.79 Å². The molecule has 0 aromatic heterocycles. The highest BCUT2D eigenvalue weighted by Crippen LogP contribution is 2.37. The molecule has 2 aromatic carbocycles. The van der Waals surface area contributed by atoms with Crippen LogP contribution in [0.3, 0.4) is 0 Å². The zero-order valence-corrected chi connectivity index (χ0v) is 23.2. The molecule has 2 amide bonds. The van der Waals surface area contributed by atoms with E-state index in [1.54, 1.807) is 33.1 Å². The van der Waals surface area contributed by atoms with Gasteiger partial charge in [-0.05, 0) is 112 Å². The topological polar surface area (TPSA) is 82.1 Å². The van der Waals surface area contributed by atoms with Crippen LogP contribution in [0, 0.1) is 7.14 Å². The monoisotopic (exact) mass is 693 g/mol. The number of esters is 1. The second kappa shape index (κ2) is 11.6. The molecule has 0 radical (unpaired) electrons. The van der Waals surface area contributed by atoms with Crippen molar-refractivity contribution < 1.29 is 28.6 Å². The summed E-state index contributed by atoms with van der Waals surface area (Å²) >= 11 is 5.18. The Kier molecular flexibility index (Phi) is 9.04. The molecule has 1 aliphatic rings. The Balaban J connectivity index is 1.77. The van der Waals surface area contributed by atoms with Gasteiger partial charge < -0.3 is 14.2 Å². The lowest BCUT2D eigenvalue weighted by atomic mass is 10.1. The van der Waals surface area contributed by atoms with Gasteiger partial charge >= 0.3 is 5.97 Å². The molecule has 2 aromatic rings. The number of carbonyl (C=O) groups excluding carboxylic acids is 3. The first kappa shape index (κ1) is 25.8. The van der Waals surface area contributed by atoms with E-state index in [9.17, 15) is 14.4 Å². The highest BCUT2D eigenvalue weighted by molar-refractivity contribution is 14.1. The lowest BCUT2D eigenvalue weighted by molar-refractivity contribution is -0.149. The Bertz CT molecular complexity index is 1100. The Morgan fingerprint density at radius 3 is 2.48 bits per heavy atom. The number of nitrogens with zero attached hydrogens (tertiary/aromatic N) is 1.